The number of carbonyl (C=O) groups is 1. The Morgan fingerprint density at radius 2 is 1.47 bits per heavy atom. The SMILES string of the molecule is CC(C)=CCCC(C)CCO.CCCCCC.O=C(OCc1ccccc1)c1ccccc1O.O=c1ccc2ccccc2o1. The van der Waals surface area contributed by atoms with Crippen LogP contribution in [0.1, 0.15) is 95.5 Å². The fourth-order valence-electron chi connectivity index (χ4n) is 3.98. The first-order chi connectivity index (χ1) is 21.7. The number of carbonyl (C=O) groups excluding carboxylic acids is 1. The van der Waals surface area contributed by atoms with E-state index in [2.05, 4.69) is 40.7 Å². The minimum atomic E-state index is -0.521. The highest BCUT2D eigenvalue weighted by molar-refractivity contribution is 5.92. The molecule has 1 heterocycles. The van der Waals surface area contributed by atoms with Crippen molar-refractivity contribution in [2.45, 2.75) is 86.2 Å². The summed E-state index contributed by atoms with van der Waals surface area (Å²) in [6.07, 6.45) is 11.1. The van der Waals surface area contributed by atoms with Crippen molar-refractivity contribution < 1.29 is 24.2 Å². The van der Waals surface area contributed by atoms with Crippen LogP contribution in [0.25, 0.3) is 11.0 Å². The lowest BCUT2D eigenvalue weighted by Gasteiger charge is -2.06. The lowest BCUT2D eigenvalue weighted by Crippen LogP contribution is -2.05. The molecule has 0 spiro atoms. The summed E-state index contributed by atoms with van der Waals surface area (Å²) in [5, 5.41) is 19.1. The van der Waals surface area contributed by atoms with E-state index in [1.165, 1.54) is 55.9 Å². The van der Waals surface area contributed by atoms with Crippen molar-refractivity contribution in [1.29, 1.82) is 0 Å². The number of unbranched alkanes of at least 4 members (excludes halogenated alkanes) is 3. The molecular formula is C39H52O6. The van der Waals surface area contributed by atoms with Gasteiger partial charge in [-0.15, -0.1) is 0 Å². The maximum atomic E-state index is 11.7. The zero-order chi connectivity index (χ0) is 33.3. The normalized spacial score (nSPS) is 10.5. The average Bonchev–Trinajstić information content (AvgIpc) is 3.04. The van der Waals surface area contributed by atoms with Gasteiger partial charge in [-0.2, -0.15) is 0 Å². The molecule has 45 heavy (non-hydrogen) atoms. The molecule has 4 aromatic rings. The minimum Gasteiger partial charge on any atom is -0.507 e. The number of aromatic hydroxyl groups is 1. The summed E-state index contributed by atoms with van der Waals surface area (Å²) in [5.41, 5.74) is 2.82. The van der Waals surface area contributed by atoms with E-state index >= 15 is 0 Å². The maximum Gasteiger partial charge on any atom is 0.342 e. The highest BCUT2D eigenvalue weighted by Gasteiger charge is 2.11. The van der Waals surface area contributed by atoms with Gasteiger partial charge >= 0.3 is 11.6 Å². The number of allylic oxidation sites excluding steroid dienone is 2. The molecule has 0 aliphatic heterocycles. The molecule has 6 nitrogen and oxygen atoms in total. The van der Waals surface area contributed by atoms with E-state index in [1.807, 2.05) is 48.5 Å². The molecule has 1 atom stereocenters. The molecule has 0 saturated heterocycles. The largest absolute Gasteiger partial charge is 0.507 e. The van der Waals surface area contributed by atoms with E-state index in [1.54, 1.807) is 24.3 Å². The van der Waals surface area contributed by atoms with Gasteiger partial charge in [0.25, 0.3) is 0 Å². The lowest BCUT2D eigenvalue weighted by molar-refractivity contribution is 0.0469. The summed E-state index contributed by atoms with van der Waals surface area (Å²) < 4.78 is 10.0. The van der Waals surface area contributed by atoms with Gasteiger partial charge in [0.15, 0.2) is 0 Å². The van der Waals surface area contributed by atoms with Crippen LogP contribution in [0.5, 0.6) is 5.75 Å². The van der Waals surface area contributed by atoms with Gasteiger partial charge in [-0.1, -0.05) is 119 Å². The summed E-state index contributed by atoms with van der Waals surface area (Å²) in [5.74, 6) is 0.0770. The van der Waals surface area contributed by atoms with Crippen LogP contribution in [-0.2, 0) is 11.3 Å². The van der Waals surface area contributed by atoms with E-state index in [4.69, 9.17) is 14.3 Å². The standard InChI is InChI=1S/C14H12O3.C10H20O.C9H6O2.C6H14/c15-13-9-5-4-8-12(13)14(16)17-10-11-6-2-1-3-7-11;1-9(2)5-4-6-10(3)7-8-11;10-9-6-5-7-3-1-2-4-8(7)11-9;1-3-5-6-4-2/h1-9,15H,10H2;5,10-11H,4,6-8H2,1-3H3;1-6H;3-6H2,1-2H3. The lowest BCUT2D eigenvalue weighted by atomic mass is 10.0. The Morgan fingerprint density at radius 1 is 0.844 bits per heavy atom. The molecule has 0 amide bonds. The smallest absolute Gasteiger partial charge is 0.342 e. The number of esters is 1. The topological polar surface area (TPSA) is 97.0 Å². The zero-order valence-corrected chi connectivity index (χ0v) is 27.7. The summed E-state index contributed by atoms with van der Waals surface area (Å²) in [7, 11) is 0. The summed E-state index contributed by atoms with van der Waals surface area (Å²) >= 11 is 0. The number of benzene rings is 3. The van der Waals surface area contributed by atoms with Crippen LogP contribution in [0.3, 0.4) is 0 Å². The third kappa shape index (κ3) is 18.3. The monoisotopic (exact) mass is 616 g/mol. The predicted octanol–water partition coefficient (Wildman–Crippen LogP) is 9.88. The Labute approximate surface area is 269 Å². The van der Waals surface area contributed by atoms with E-state index in [9.17, 15) is 14.7 Å². The quantitative estimate of drug-likeness (QED) is 0.0753. The molecule has 0 aliphatic rings. The van der Waals surface area contributed by atoms with Crippen molar-refractivity contribution in [2.75, 3.05) is 6.61 Å². The second-order valence-corrected chi connectivity index (χ2v) is 11.1. The van der Waals surface area contributed by atoms with Crippen LogP contribution in [-0.4, -0.2) is 22.8 Å². The first-order valence-electron chi connectivity index (χ1n) is 15.9. The van der Waals surface area contributed by atoms with Gasteiger partial charge in [0.1, 0.15) is 23.5 Å². The molecular weight excluding hydrogens is 564 g/mol. The van der Waals surface area contributed by atoms with Crippen molar-refractivity contribution >= 4 is 16.9 Å². The zero-order valence-electron chi connectivity index (χ0n) is 27.7. The van der Waals surface area contributed by atoms with Crippen molar-refractivity contribution in [1.82, 2.24) is 0 Å². The fourth-order valence-corrected chi connectivity index (χ4v) is 3.98. The molecule has 0 aliphatic carbocycles. The first kappa shape index (κ1) is 38.9. The molecule has 4 rings (SSSR count). The fraction of sp³-hybridized carbons (Fsp3) is 0.385. The summed E-state index contributed by atoms with van der Waals surface area (Å²) in [6.45, 7) is 11.4. The molecule has 6 heteroatoms. The van der Waals surface area contributed by atoms with Gasteiger partial charge in [0.05, 0.1) is 0 Å². The van der Waals surface area contributed by atoms with E-state index in [0.717, 1.165) is 23.8 Å². The molecule has 244 valence electrons. The molecule has 1 aromatic heterocycles. The Kier molecular flexibility index (Phi) is 20.9. The molecule has 2 N–H and O–H groups in total. The van der Waals surface area contributed by atoms with Crippen LogP contribution in [0.15, 0.2) is 112 Å². The molecule has 3 aromatic carbocycles. The van der Waals surface area contributed by atoms with E-state index in [-0.39, 0.29) is 23.5 Å². The van der Waals surface area contributed by atoms with E-state index < -0.39 is 5.97 Å². The van der Waals surface area contributed by atoms with Crippen LogP contribution >= 0.6 is 0 Å². The average molecular weight is 617 g/mol. The number of aliphatic hydroxyl groups excluding tert-OH is 1. The molecule has 0 bridgehead atoms. The van der Waals surface area contributed by atoms with Crippen LogP contribution in [0.4, 0.5) is 0 Å². The van der Waals surface area contributed by atoms with Crippen molar-refractivity contribution in [3.63, 3.8) is 0 Å². The number of phenolic OH excluding ortho intramolecular Hbond substituents is 1. The van der Waals surface area contributed by atoms with Crippen LogP contribution in [0, 0.1) is 5.92 Å². The number of hydrogen-bond acceptors (Lipinski definition) is 6. The third-order valence-electron chi connectivity index (χ3n) is 6.66. The summed E-state index contributed by atoms with van der Waals surface area (Å²) in [4.78, 5) is 22.4. The number of ether oxygens (including phenoxy) is 1. The van der Waals surface area contributed by atoms with Crippen LogP contribution in [0.2, 0.25) is 0 Å². The number of fused-ring (bicyclic) bond motifs is 1. The Bertz CT molecular complexity index is 1420. The Morgan fingerprint density at radius 3 is 2.09 bits per heavy atom. The van der Waals surface area contributed by atoms with Gasteiger partial charge in [0, 0.05) is 18.1 Å². The first-order valence-corrected chi connectivity index (χ1v) is 15.9. The third-order valence-corrected chi connectivity index (χ3v) is 6.66. The Balaban J connectivity index is 0.000000319. The molecule has 0 fully saturated rings. The van der Waals surface area contributed by atoms with E-state index in [0.29, 0.717) is 18.1 Å². The molecule has 1 unspecified atom stereocenters. The minimum absolute atomic E-state index is 0.0643. The molecule has 0 saturated carbocycles. The maximum absolute atomic E-state index is 11.7. The van der Waals surface area contributed by atoms with Crippen LogP contribution < -0.4 is 5.63 Å². The second kappa shape index (κ2) is 24.2. The van der Waals surface area contributed by atoms with Gasteiger partial charge in [0.2, 0.25) is 0 Å². The van der Waals surface area contributed by atoms with Gasteiger partial charge < -0.3 is 19.4 Å². The van der Waals surface area contributed by atoms with Gasteiger partial charge in [-0.05, 0) is 68.9 Å². The second-order valence-electron chi connectivity index (χ2n) is 11.1. The number of phenols is 1. The molecule has 0 radical (unpaired) electrons. The predicted molar refractivity (Wildman–Crippen MR) is 186 cm³/mol. The van der Waals surface area contributed by atoms with Gasteiger partial charge in [-0.25, -0.2) is 9.59 Å². The number of rotatable bonds is 11. The Hall–Kier alpha value is -4.16. The van der Waals surface area contributed by atoms with Crippen molar-refractivity contribution in [3.05, 3.63) is 124 Å². The number of aliphatic hydroxyl groups is 1. The number of hydrogen-bond donors (Lipinski definition) is 2. The van der Waals surface area contributed by atoms with Gasteiger partial charge in [-0.3, -0.25) is 0 Å². The number of para-hydroxylation sites is 2. The highest BCUT2D eigenvalue weighted by atomic mass is 16.5. The van der Waals surface area contributed by atoms with Crippen molar-refractivity contribution in [2.24, 2.45) is 5.92 Å². The summed E-state index contributed by atoms with van der Waals surface area (Å²) in [6, 6.07) is 26.3. The van der Waals surface area contributed by atoms with Crippen molar-refractivity contribution in [3.8, 4) is 5.75 Å². The highest BCUT2D eigenvalue weighted by Crippen LogP contribution is 2.17.